The highest BCUT2D eigenvalue weighted by Crippen LogP contribution is 2.31. The lowest BCUT2D eigenvalue weighted by atomic mass is 10.2. The number of rotatable bonds is 5. The third kappa shape index (κ3) is 4.86. The minimum absolute atomic E-state index is 0.0979. The number of piperazine rings is 1. The number of carbonyl (C=O) groups excluding carboxylic acids is 1. The van der Waals surface area contributed by atoms with E-state index in [1.165, 1.54) is 17.0 Å². The van der Waals surface area contributed by atoms with Gasteiger partial charge in [0.05, 0.1) is 9.82 Å². The highest BCUT2D eigenvalue weighted by atomic mass is 35.5. The van der Waals surface area contributed by atoms with Crippen LogP contribution in [0.3, 0.4) is 0 Å². The predicted molar refractivity (Wildman–Crippen MR) is 110 cm³/mol. The Balaban J connectivity index is 1.67. The van der Waals surface area contributed by atoms with E-state index in [2.05, 4.69) is 0 Å². The SMILES string of the molecule is Cc1cccc(S(=O)(=O)CC(=O)N2CCN(c3ccc(Cl)cc3[N+](=O)[O-])CC2)c1. The molecule has 0 aromatic heterocycles. The molecule has 0 unspecified atom stereocenters. The first-order valence-electron chi connectivity index (χ1n) is 8.93. The van der Waals surface area contributed by atoms with Crippen molar-refractivity contribution in [2.45, 2.75) is 11.8 Å². The molecule has 29 heavy (non-hydrogen) atoms. The summed E-state index contributed by atoms with van der Waals surface area (Å²) in [6.45, 7) is 3.07. The minimum atomic E-state index is -3.73. The van der Waals surface area contributed by atoms with Crippen molar-refractivity contribution in [2.24, 2.45) is 0 Å². The van der Waals surface area contributed by atoms with E-state index >= 15 is 0 Å². The number of anilines is 1. The molecule has 1 aliphatic heterocycles. The van der Waals surface area contributed by atoms with E-state index in [1.54, 1.807) is 42.2 Å². The fourth-order valence-corrected chi connectivity index (χ4v) is 4.75. The Hall–Kier alpha value is -2.65. The van der Waals surface area contributed by atoms with Crippen LogP contribution in [0, 0.1) is 17.0 Å². The van der Waals surface area contributed by atoms with Crippen LogP contribution in [-0.2, 0) is 14.6 Å². The van der Waals surface area contributed by atoms with E-state index < -0.39 is 26.4 Å². The zero-order chi connectivity index (χ0) is 21.2. The van der Waals surface area contributed by atoms with Gasteiger partial charge in [0.25, 0.3) is 5.69 Å². The summed E-state index contributed by atoms with van der Waals surface area (Å²) in [5, 5.41) is 11.6. The van der Waals surface area contributed by atoms with Crippen LogP contribution in [0.25, 0.3) is 0 Å². The normalized spacial score (nSPS) is 14.7. The standard InChI is InChI=1S/C19H20ClN3O5S/c1-14-3-2-4-16(11-14)29(27,28)13-19(24)22-9-7-21(8-10-22)17-6-5-15(20)12-18(17)23(25)26/h2-6,11-12H,7-10,13H2,1H3. The Morgan fingerprint density at radius 1 is 1.14 bits per heavy atom. The van der Waals surface area contributed by atoms with Gasteiger partial charge in [-0.25, -0.2) is 8.42 Å². The first-order chi connectivity index (χ1) is 13.7. The molecule has 0 bridgehead atoms. The molecule has 0 aliphatic carbocycles. The van der Waals surface area contributed by atoms with Gasteiger partial charge in [-0.15, -0.1) is 0 Å². The molecule has 10 heteroatoms. The molecule has 0 spiro atoms. The van der Waals surface area contributed by atoms with E-state index in [1.807, 2.05) is 0 Å². The van der Waals surface area contributed by atoms with E-state index in [0.29, 0.717) is 18.8 Å². The van der Waals surface area contributed by atoms with Gasteiger partial charge in [-0.05, 0) is 36.8 Å². The Morgan fingerprint density at radius 3 is 2.45 bits per heavy atom. The summed E-state index contributed by atoms with van der Waals surface area (Å²) < 4.78 is 25.1. The highest BCUT2D eigenvalue weighted by molar-refractivity contribution is 7.92. The molecular formula is C19H20ClN3O5S. The third-order valence-corrected chi connectivity index (χ3v) is 6.60. The maximum Gasteiger partial charge on any atom is 0.294 e. The molecule has 1 heterocycles. The smallest absolute Gasteiger partial charge is 0.294 e. The molecule has 0 saturated carbocycles. The lowest BCUT2D eigenvalue weighted by Crippen LogP contribution is -2.50. The van der Waals surface area contributed by atoms with E-state index in [0.717, 1.165) is 5.56 Å². The van der Waals surface area contributed by atoms with Gasteiger partial charge in [0.15, 0.2) is 9.84 Å². The van der Waals surface area contributed by atoms with Crippen LogP contribution in [-0.4, -0.2) is 56.1 Å². The number of aryl methyl sites for hydroxylation is 1. The van der Waals surface area contributed by atoms with Crippen molar-refractivity contribution in [3.8, 4) is 0 Å². The lowest BCUT2D eigenvalue weighted by molar-refractivity contribution is -0.384. The van der Waals surface area contributed by atoms with Crippen molar-refractivity contribution in [1.82, 2.24) is 4.90 Å². The molecule has 8 nitrogen and oxygen atoms in total. The summed E-state index contributed by atoms with van der Waals surface area (Å²) in [5.74, 6) is -1.07. The molecule has 2 aromatic carbocycles. The number of nitro groups is 1. The maximum atomic E-state index is 12.5. The van der Waals surface area contributed by atoms with Gasteiger partial charge >= 0.3 is 0 Å². The van der Waals surface area contributed by atoms with Crippen molar-refractivity contribution in [2.75, 3.05) is 36.8 Å². The molecule has 1 saturated heterocycles. The number of hydrogen-bond donors (Lipinski definition) is 0. The molecule has 154 valence electrons. The second kappa shape index (κ2) is 8.38. The van der Waals surface area contributed by atoms with Crippen molar-refractivity contribution in [3.05, 3.63) is 63.2 Å². The predicted octanol–water partition coefficient (Wildman–Crippen LogP) is 2.68. The molecule has 0 N–H and O–H groups in total. The number of nitrogens with zero attached hydrogens (tertiary/aromatic N) is 3. The van der Waals surface area contributed by atoms with Crippen LogP contribution in [0.5, 0.6) is 0 Å². The molecule has 3 rings (SSSR count). The van der Waals surface area contributed by atoms with Gasteiger partial charge < -0.3 is 9.80 Å². The molecule has 0 radical (unpaired) electrons. The van der Waals surface area contributed by atoms with E-state index in [9.17, 15) is 23.3 Å². The van der Waals surface area contributed by atoms with Crippen LogP contribution in [0.2, 0.25) is 5.02 Å². The van der Waals surface area contributed by atoms with Crippen molar-refractivity contribution in [1.29, 1.82) is 0 Å². The second-order valence-electron chi connectivity index (χ2n) is 6.83. The molecule has 1 amide bonds. The zero-order valence-corrected chi connectivity index (χ0v) is 17.3. The average Bonchev–Trinajstić information content (AvgIpc) is 2.67. The second-order valence-corrected chi connectivity index (χ2v) is 9.26. The highest BCUT2D eigenvalue weighted by Gasteiger charge is 2.28. The number of amides is 1. The maximum absolute atomic E-state index is 12.5. The summed E-state index contributed by atoms with van der Waals surface area (Å²) in [5.41, 5.74) is 1.13. The zero-order valence-electron chi connectivity index (χ0n) is 15.7. The fourth-order valence-electron chi connectivity index (χ4n) is 3.25. The Kier molecular flexibility index (Phi) is 6.09. The summed E-state index contributed by atoms with van der Waals surface area (Å²) >= 11 is 5.85. The van der Waals surface area contributed by atoms with Crippen LogP contribution >= 0.6 is 11.6 Å². The molecule has 0 atom stereocenters. The molecular weight excluding hydrogens is 418 g/mol. The van der Waals surface area contributed by atoms with Gasteiger partial charge in [-0.2, -0.15) is 0 Å². The van der Waals surface area contributed by atoms with Gasteiger partial charge in [-0.1, -0.05) is 23.7 Å². The molecule has 2 aromatic rings. The van der Waals surface area contributed by atoms with Crippen LogP contribution in [0.15, 0.2) is 47.4 Å². The number of nitro benzene ring substituents is 1. The molecule has 1 aliphatic rings. The number of halogens is 1. The van der Waals surface area contributed by atoms with Gasteiger partial charge in [0, 0.05) is 37.3 Å². The van der Waals surface area contributed by atoms with Crippen LogP contribution < -0.4 is 4.90 Å². The van der Waals surface area contributed by atoms with Gasteiger partial charge in [0.2, 0.25) is 5.91 Å². The lowest BCUT2D eigenvalue weighted by Gasteiger charge is -2.35. The first kappa shape index (κ1) is 21.1. The van der Waals surface area contributed by atoms with Crippen LogP contribution in [0.1, 0.15) is 5.56 Å². The minimum Gasteiger partial charge on any atom is -0.362 e. The van der Waals surface area contributed by atoms with Crippen LogP contribution in [0.4, 0.5) is 11.4 Å². The first-order valence-corrected chi connectivity index (χ1v) is 11.0. The summed E-state index contributed by atoms with van der Waals surface area (Å²) in [4.78, 5) is 26.7. The third-order valence-electron chi connectivity index (χ3n) is 4.77. The van der Waals surface area contributed by atoms with Crippen molar-refractivity contribution < 1.29 is 18.1 Å². The monoisotopic (exact) mass is 437 g/mol. The van der Waals surface area contributed by atoms with Crippen molar-refractivity contribution >= 4 is 38.7 Å². The quantitative estimate of drug-likeness (QED) is 0.526. The fraction of sp³-hybridized carbons (Fsp3) is 0.316. The molecule has 1 fully saturated rings. The summed E-state index contributed by atoms with van der Waals surface area (Å²) in [6, 6.07) is 10.9. The van der Waals surface area contributed by atoms with E-state index in [4.69, 9.17) is 11.6 Å². The van der Waals surface area contributed by atoms with Gasteiger partial charge in [-0.3, -0.25) is 14.9 Å². The Bertz CT molecular complexity index is 1050. The van der Waals surface area contributed by atoms with Crippen molar-refractivity contribution in [3.63, 3.8) is 0 Å². The van der Waals surface area contributed by atoms with E-state index in [-0.39, 0.29) is 28.7 Å². The Labute approximate surface area is 173 Å². The topological polar surface area (TPSA) is 101 Å². The average molecular weight is 438 g/mol. The Morgan fingerprint density at radius 2 is 1.83 bits per heavy atom. The number of benzene rings is 2. The summed E-state index contributed by atoms with van der Waals surface area (Å²) in [7, 11) is -3.73. The number of hydrogen-bond acceptors (Lipinski definition) is 6. The largest absolute Gasteiger partial charge is 0.362 e. The van der Waals surface area contributed by atoms with Gasteiger partial charge in [0.1, 0.15) is 11.4 Å². The summed E-state index contributed by atoms with van der Waals surface area (Å²) in [6.07, 6.45) is 0. The number of carbonyl (C=O) groups is 1. The number of sulfone groups is 1.